The summed E-state index contributed by atoms with van der Waals surface area (Å²) in [5, 5.41) is 18.5. The first-order chi connectivity index (χ1) is 38.0. The van der Waals surface area contributed by atoms with Gasteiger partial charge < -0.3 is 11.1 Å². The Labute approximate surface area is 459 Å². The van der Waals surface area contributed by atoms with Gasteiger partial charge in [-0.3, -0.25) is 23.9 Å². The van der Waals surface area contributed by atoms with E-state index >= 15 is 0 Å². The van der Waals surface area contributed by atoms with Crippen LogP contribution in [0.4, 0.5) is 17.5 Å². The number of ether oxygens (including phenoxy) is 2. The number of amides is 5. The number of aliphatic hydroxyl groups excluding tert-OH is 1. The molecule has 2 fully saturated rings. The van der Waals surface area contributed by atoms with Crippen LogP contribution in [0.25, 0.3) is 22.3 Å². The molecule has 0 aliphatic carbocycles. The van der Waals surface area contributed by atoms with Gasteiger partial charge in [-0.1, -0.05) is 20.3 Å². The van der Waals surface area contributed by atoms with Crippen LogP contribution < -0.4 is 33.0 Å². The number of fused-ring (bicyclic) bond motifs is 2. The number of rotatable bonds is 27. The minimum atomic E-state index is -5.10. The number of aromatic amines is 1. The molecule has 12 N–H and O–H groups in total. The maximum absolute atomic E-state index is 13.3. The fourth-order valence-corrected chi connectivity index (χ4v) is 12.0. The second kappa shape index (κ2) is 25.6. The third-order valence-corrected chi connectivity index (χ3v) is 17.2. The Bertz CT molecular complexity index is 3200. The zero-order chi connectivity index (χ0) is 57.5. The van der Waals surface area contributed by atoms with Crippen LogP contribution in [0.3, 0.4) is 0 Å². The van der Waals surface area contributed by atoms with Gasteiger partial charge in [-0.05, 0) is 18.8 Å². The van der Waals surface area contributed by atoms with Crippen molar-refractivity contribution in [3.8, 4) is 0 Å². The van der Waals surface area contributed by atoms with Gasteiger partial charge >= 0.3 is 299 Å². The zero-order valence-electron chi connectivity index (χ0n) is 43.4. The standard InChI is InChI=1S/C46H62N14O17P2S/c1-25(2)36(55-31(62)7-5-4-6-16-58-32(63)12-13-33(58)64)43(66)53-26(3)42(65)54-28-10-8-27(9-11-28)19-80-79(70,71)72-18-30-29(17-35(74-30)60-24-52-38-41(60)56-45(48)57-44(38)67)76-77-78(68,69)73-21-46(20-61)15-14-34(75-46)59-23-51-37-39(47)49-22-50-40(37)59/h8-13,22-26,29-30,34-36,61,70-71,79H,4-7,14-21H2,1-3H3,(H,53,66)(H,54,65)(H,55,62)(H,68,69)(H2,47,49,50)(H3,48,56,57,67)/t26-,29-,30+,34+,35+,36-,46+/m0/s1. The minimum absolute atomic E-state index is 0.0210. The van der Waals surface area contributed by atoms with E-state index < -0.39 is 94.5 Å². The number of aliphatic hydroxyl groups is 1. The molecule has 31 nitrogen and oxygen atoms in total. The van der Waals surface area contributed by atoms with Gasteiger partial charge in [0.2, 0.25) is 5.91 Å². The summed E-state index contributed by atoms with van der Waals surface area (Å²) in [6, 6.07) is 4.45. The molecule has 4 aromatic heterocycles. The number of carbonyl (C=O) groups is 5. The first-order valence-corrected chi connectivity index (χ1v) is 30.2. The summed E-state index contributed by atoms with van der Waals surface area (Å²) >= 11 is 0.688. The molecule has 1 unspecified atom stereocenters. The first kappa shape index (κ1) is 59.7. The Balaban J connectivity index is 0.812. The number of phosphoric acid groups is 1. The number of carbonyl (C=O) groups excluding carboxylic acids is 5. The summed E-state index contributed by atoms with van der Waals surface area (Å²) < 4.78 is 44.4. The molecule has 3 aliphatic rings. The van der Waals surface area contributed by atoms with Crippen LogP contribution in [0, 0.1) is 5.92 Å². The monoisotopic (exact) mass is 1180 g/mol. The Hall–Kier alpha value is -6.38. The molecule has 5 aromatic rings. The van der Waals surface area contributed by atoms with E-state index in [0.29, 0.717) is 59.5 Å². The van der Waals surface area contributed by atoms with Crippen LogP contribution in [0.2, 0.25) is 0 Å². The van der Waals surface area contributed by atoms with Crippen molar-refractivity contribution in [1.29, 1.82) is 0 Å². The number of imide groups is 1. The van der Waals surface area contributed by atoms with E-state index in [1.807, 2.05) is 0 Å². The first-order valence-electron chi connectivity index (χ1n) is 25.2. The van der Waals surface area contributed by atoms with E-state index in [0.717, 1.165) is 4.90 Å². The third-order valence-electron chi connectivity index (χ3n) is 13.2. The fraction of sp³-hybridized carbons (Fsp3) is 0.500. The van der Waals surface area contributed by atoms with E-state index in [1.165, 1.54) is 42.6 Å². The van der Waals surface area contributed by atoms with Gasteiger partial charge in [0.25, 0.3) is 11.8 Å². The summed E-state index contributed by atoms with van der Waals surface area (Å²) in [5.41, 5.74) is 11.2. The second-order valence-corrected chi connectivity index (χ2v) is 25.2. The number of nitrogens with two attached hydrogens (primary N) is 2. The van der Waals surface area contributed by atoms with Crippen molar-refractivity contribution < 1.29 is 76.4 Å². The van der Waals surface area contributed by atoms with Gasteiger partial charge in [-0.25, -0.2) is 15.0 Å². The van der Waals surface area contributed by atoms with Crippen molar-refractivity contribution in [2.24, 2.45) is 5.92 Å². The molecule has 0 saturated carbocycles. The van der Waals surface area contributed by atoms with Gasteiger partial charge in [0, 0.05) is 25.1 Å². The van der Waals surface area contributed by atoms with Gasteiger partial charge in [0.05, 0.1) is 6.33 Å². The van der Waals surface area contributed by atoms with Crippen LogP contribution in [0.5, 0.6) is 0 Å². The molecule has 5 amide bonds. The van der Waals surface area contributed by atoms with Crippen LogP contribution in [-0.4, -0.2) is 150 Å². The average Bonchev–Trinajstić information content (AvgIpc) is 4.40. The number of hydrogen-bond donors (Lipinski definition) is 10. The molecular formula is C46H62N14O17P2S. The summed E-state index contributed by atoms with van der Waals surface area (Å²) in [5.74, 6) is -2.56. The zero-order valence-corrected chi connectivity index (χ0v) is 46.1. The summed E-state index contributed by atoms with van der Waals surface area (Å²) in [7, 11) is -9.69. The van der Waals surface area contributed by atoms with Crippen LogP contribution in [0.1, 0.15) is 83.7 Å². The molecule has 1 aromatic carbocycles. The molecule has 8 atom stereocenters. The summed E-state index contributed by atoms with van der Waals surface area (Å²) in [4.78, 5) is 138. The number of aromatic nitrogens is 8. The number of H-pyrrole nitrogens is 1. The number of benzene rings is 1. The molecule has 3 aliphatic heterocycles. The molecule has 80 heavy (non-hydrogen) atoms. The molecule has 0 radical (unpaired) electrons. The van der Waals surface area contributed by atoms with Crippen molar-refractivity contribution in [2.45, 2.75) is 114 Å². The summed E-state index contributed by atoms with van der Waals surface area (Å²) in [6.07, 6.45) is 4.18. The van der Waals surface area contributed by atoms with Gasteiger partial charge in [-0.2, -0.15) is 0 Å². The number of nitrogens with zero attached hydrogens (tertiary/aromatic N) is 8. The number of nitrogens with one attached hydrogen (secondary N) is 4. The van der Waals surface area contributed by atoms with Crippen LogP contribution in [0.15, 0.2) is 60.2 Å². The maximum atomic E-state index is 13.3. The summed E-state index contributed by atoms with van der Waals surface area (Å²) in [6.45, 7) is 3.44. The number of nitrogen functional groups attached to an aromatic ring is 2. The predicted molar refractivity (Wildman–Crippen MR) is 286 cm³/mol. The van der Waals surface area contributed by atoms with Gasteiger partial charge in [0.15, 0.2) is 11.5 Å². The molecule has 7 heterocycles. The van der Waals surface area contributed by atoms with Crippen LogP contribution >= 0.6 is 26.3 Å². The molecule has 0 spiro atoms. The van der Waals surface area contributed by atoms with E-state index in [-0.39, 0.29) is 78.1 Å². The molecule has 434 valence electrons. The third kappa shape index (κ3) is 14.7. The Morgan fingerprint density at radius 1 is 0.950 bits per heavy atom. The average molecular weight is 1180 g/mol. The van der Waals surface area contributed by atoms with Crippen molar-refractivity contribution >= 4 is 95.7 Å². The number of hydrogen-bond acceptors (Lipinski definition) is 24. The van der Waals surface area contributed by atoms with E-state index in [9.17, 15) is 53.1 Å². The fourth-order valence-electron chi connectivity index (χ4n) is 8.82. The van der Waals surface area contributed by atoms with Gasteiger partial charge in [-0.15, -0.1) is 0 Å². The normalized spacial score (nSPS) is 22.1. The van der Waals surface area contributed by atoms with Crippen molar-refractivity contribution in [1.82, 2.24) is 54.6 Å². The van der Waals surface area contributed by atoms with E-state index in [2.05, 4.69) is 45.9 Å². The Morgan fingerprint density at radius 3 is 2.38 bits per heavy atom. The van der Waals surface area contributed by atoms with Crippen molar-refractivity contribution in [3.63, 3.8) is 0 Å². The predicted octanol–water partition coefficient (Wildman–Crippen LogP) is 1.30. The quantitative estimate of drug-likeness (QED) is 0.0116. The van der Waals surface area contributed by atoms with Crippen molar-refractivity contribution in [3.05, 3.63) is 71.3 Å². The Morgan fingerprint density at radius 2 is 1.66 bits per heavy atom. The molecular weight excluding hydrogens is 1110 g/mol. The van der Waals surface area contributed by atoms with E-state index in [1.54, 1.807) is 42.7 Å². The van der Waals surface area contributed by atoms with Crippen molar-refractivity contribution in [2.75, 3.05) is 43.1 Å². The van der Waals surface area contributed by atoms with E-state index in [4.69, 9.17) is 39.6 Å². The topological polar surface area (TPSA) is 437 Å². The number of unbranched alkanes of at least 4 members (excludes halogenated alkanes) is 2. The van der Waals surface area contributed by atoms with Gasteiger partial charge in [0.1, 0.15) is 11.8 Å². The number of imidazole rings is 2. The molecule has 34 heteroatoms. The van der Waals surface area contributed by atoms with Crippen LogP contribution in [-0.2, 0) is 62.4 Å². The SMILES string of the molecule is CC(C)[C@H](NC(=O)CCCCCN1C(=O)C=CC1=O)C(=O)N[C@@H](C)C(=O)Nc1ccc(CS[PH](O)(O)OC[C@H]2O[C@@H](n3cnc4c(=O)[nH]c(N)nc43)C[C@@H]2OOP(=O)(O)OC[C@]2(CO)CC[C@H](n3cnc4c(N)ncnc43)O2)cc1. The second-order valence-electron chi connectivity index (χ2n) is 19.5. The molecule has 2 saturated heterocycles. The number of anilines is 3. The molecule has 8 rings (SSSR count). The number of phosphoric ester groups is 1. The Kier molecular flexibility index (Phi) is 19.1. The molecule has 0 bridgehead atoms.